The summed E-state index contributed by atoms with van der Waals surface area (Å²) in [6, 6.07) is 0. The Morgan fingerprint density at radius 2 is 0.537 bits per heavy atom. The van der Waals surface area contributed by atoms with Crippen molar-refractivity contribution in [1.29, 1.82) is 0 Å². The number of esters is 6. The number of benzene rings is 1. The highest BCUT2D eigenvalue weighted by Gasteiger charge is 2.31. The zero-order valence-corrected chi connectivity index (χ0v) is 24.7. The summed E-state index contributed by atoms with van der Waals surface area (Å²) in [6.07, 6.45) is -2.42. The largest absolute Gasteiger partial charge is 0.469 e. The minimum absolute atomic E-state index is 0.0602. The zero-order chi connectivity index (χ0) is 30.9. The molecule has 0 aliphatic heterocycles. The van der Waals surface area contributed by atoms with E-state index in [0.717, 1.165) is 0 Å². The molecule has 1 rings (SSSR count). The van der Waals surface area contributed by atoms with Crippen LogP contribution in [0.25, 0.3) is 0 Å². The van der Waals surface area contributed by atoms with Gasteiger partial charge in [-0.2, -0.15) is 0 Å². The van der Waals surface area contributed by atoms with Crippen molar-refractivity contribution in [2.45, 2.75) is 73.1 Å². The van der Waals surface area contributed by atoms with E-state index in [0.29, 0.717) is 0 Å². The second-order valence-corrected chi connectivity index (χ2v) is 8.53. The van der Waals surface area contributed by atoms with Crippen LogP contribution in [0, 0.1) is 0 Å². The Bertz CT molecular complexity index is 1040. The van der Waals surface area contributed by atoms with E-state index in [9.17, 15) is 28.8 Å². The van der Waals surface area contributed by atoms with Crippen molar-refractivity contribution >= 4 is 35.8 Å². The van der Waals surface area contributed by atoms with E-state index >= 15 is 0 Å². The standard InChI is InChI=1S/C29H40O12/c1-7-37-25(31)13-19-18(12-24(30)36-6)20(14-26(32)38-8-2)22(16-28(34)40-10-4)23(17-29(35)41-11-5)21(19)15-27(33)39-9-3/h7-17H2,1-6H3. The molecule has 1 aromatic rings. The molecule has 0 aromatic heterocycles. The second-order valence-electron chi connectivity index (χ2n) is 8.53. The number of hydrogen-bond donors (Lipinski definition) is 0. The SMILES string of the molecule is CCOC(=O)Cc1c(CC(=O)OC)c(CC(=O)OCC)c(CC(=O)OCC)c(CC(=O)OCC)c1CC(=O)OCC. The van der Waals surface area contributed by atoms with Crippen LogP contribution in [-0.2, 0) is 95.7 Å². The average molecular weight is 581 g/mol. The first-order valence-electron chi connectivity index (χ1n) is 13.6. The van der Waals surface area contributed by atoms with Crippen LogP contribution < -0.4 is 0 Å². The first-order valence-corrected chi connectivity index (χ1v) is 13.6. The average Bonchev–Trinajstić information content (AvgIpc) is 2.90. The molecule has 0 amide bonds. The molecular formula is C29H40O12. The maximum Gasteiger partial charge on any atom is 0.310 e. The Balaban J connectivity index is 4.31. The molecule has 0 spiro atoms. The first kappa shape index (κ1) is 35.1. The molecule has 0 unspecified atom stereocenters. The predicted octanol–water partition coefficient (Wildman–Crippen LogP) is 1.93. The van der Waals surface area contributed by atoms with Crippen molar-refractivity contribution in [1.82, 2.24) is 0 Å². The predicted molar refractivity (Wildman–Crippen MR) is 144 cm³/mol. The normalized spacial score (nSPS) is 10.4. The van der Waals surface area contributed by atoms with Gasteiger partial charge in [-0.3, -0.25) is 28.8 Å². The van der Waals surface area contributed by atoms with Gasteiger partial charge in [-0.25, -0.2) is 0 Å². The van der Waals surface area contributed by atoms with Gasteiger partial charge in [0.1, 0.15) is 0 Å². The minimum Gasteiger partial charge on any atom is -0.469 e. The van der Waals surface area contributed by atoms with Crippen LogP contribution in [0.1, 0.15) is 68.0 Å². The maximum atomic E-state index is 12.8. The van der Waals surface area contributed by atoms with E-state index in [-0.39, 0.29) is 66.4 Å². The van der Waals surface area contributed by atoms with E-state index in [2.05, 4.69) is 0 Å². The number of ether oxygens (including phenoxy) is 6. The third kappa shape index (κ3) is 11.2. The Kier molecular flexibility index (Phi) is 15.7. The van der Waals surface area contributed by atoms with E-state index in [1.807, 2.05) is 0 Å². The lowest BCUT2D eigenvalue weighted by Gasteiger charge is -2.26. The van der Waals surface area contributed by atoms with Crippen LogP contribution in [0.3, 0.4) is 0 Å². The number of hydrogen-bond acceptors (Lipinski definition) is 12. The van der Waals surface area contributed by atoms with Gasteiger partial charge >= 0.3 is 35.8 Å². The van der Waals surface area contributed by atoms with E-state index < -0.39 is 74.3 Å². The summed E-state index contributed by atoms with van der Waals surface area (Å²) in [4.78, 5) is 76.6. The monoisotopic (exact) mass is 580 g/mol. The highest BCUT2D eigenvalue weighted by molar-refractivity contribution is 5.86. The number of carbonyl (C=O) groups is 6. The third-order valence-electron chi connectivity index (χ3n) is 5.87. The first-order chi connectivity index (χ1) is 19.6. The molecule has 0 radical (unpaired) electrons. The van der Waals surface area contributed by atoms with Gasteiger partial charge in [0.2, 0.25) is 0 Å². The molecule has 228 valence electrons. The molecule has 12 heteroatoms. The lowest BCUT2D eigenvalue weighted by molar-refractivity contribution is -0.144. The molecule has 0 heterocycles. The summed E-state index contributed by atoms with van der Waals surface area (Å²) in [5.41, 5.74) is 1.13. The van der Waals surface area contributed by atoms with Crippen LogP contribution in [0.4, 0.5) is 0 Å². The summed E-state index contributed by atoms with van der Waals surface area (Å²) in [6.45, 7) is 8.40. The smallest absolute Gasteiger partial charge is 0.310 e. The maximum absolute atomic E-state index is 12.8. The molecule has 12 nitrogen and oxygen atoms in total. The highest BCUT2D eigenvalue weighted by Crippen LogP contribution is 2.33. The van der Waals surface area contributed by atoms with Gasteiger partial charge in [0, 0.05) is 0 Å². The molecule has 0 saturated heterocycles. The fourth-order valence-corrected chi connectivity index (χ4v) is 4.37. The van der Waals surface area contributed by atoms with Gasteiger partial charge in [-0.15, -0.1) is 0 Å². The highest BCUT2D eigenvalue weighted by atomic mass is 16.5. The molecular weight excluding hydrogens is 540 g/mol. The van der Waals surface area contributed by atoms with Crippen LogP contribution >= 0.6 is 0 Å². The lowest BCUT2D eigenvalue weighted by atomic mass is 9.79. The van der Waals surface area contributed by atoms with Crippen LogP contribution in [0.5, 0.6) is 0 Å². The second kappa shape index (κ2) is 18.4. The van der Waals surface area contributed by atoms with Gasteiger partial charge in [-0.1, -0.05) is 0 Å². The summed E-state index contributed by atoms with van der Waals surface area (Å²) in [7, 11) is 1.17. The van der Waals surface area contributed by atoms with Crippen LogP contribution in [0.2, 0.25) is 0 Å². The molecule has 0 bridgehead atoms. The Morgan fingerprint density at radius 1 is 0.366 bits per heavy atom. The third-order valence-corrected chi connectivity index (χ3v) is 5.87. The summed E-state index contributed by atoms with van der Waals surface area (Å²) in [5, 5.41) is 0. The van der Waals surface area contributed by atoms with Crippen molar-refractivity contribution in [3.63, 3.8) is 0 Å². The summed E-state index contributed by atoms with van der Waals surface area (Å²) < 4.78 is 30.7. The fourth-order valence-electron chi connectivity index (χ4n) is 4.37. The van der Waals surface area contributed by atoms with Crippen molar-refractivity contribution in [2.24, 2.45) is 0 Å². The Labute approximate surface area is 239 Å². The fraction of sp³-hybridized carbons (Fsp3) is 0.586. The van der Waals surface area contributed by atoms with Crippen LogP contribution in [-0.4, -0.2) is 76.0 Å². The summed E-state index contributed by atoms with van der Waals surface area (Å²) >= 11 is 0. The topological polar surface area (TPSA) is 158 Å². The van der Waals surface area contributed by atoms with E-state index in [1.54, 1.807) is 34.6 Å². The summed E-state index contributed by atoms with van der Waals surface area (Å²) in [5.74, 6) is -4.08. The minimum atomic E-state index is -0.706. The molecule has 0 atom stereocenters. The lowest BCUT2D eigenvalue weighted by Crippen LogP contribution is -2.26. The quantitative estimate of drug-likeness (QED) is 0.195. The number of rotatable bonds is 17. The van der Waals surface area contributed by atoms with Crippen molar-refractivity contribution in [2.75, 3.05) is 40.1 Å². The number of carbonyl (C=O) groups excluding carboxylic acids is 6. The van der Waals surface area contributed by atoms with Crippen molar-refractivity contribution in [3.05, 3.63) is 33.4 Å². The van der Waals surface area contributed by atoms with E-state index in [4.69, 9.17) is 28.4 Å². The Hall–Kier alpha value is -3.96. The van der Waals surface area contributed by atoms with Gasteiger partial charge in [0.15, 0.2) is 0 Å². The molecule has 0 fully saturated rings. The van der Waals surface area contributed by atoms with E-state index in [1.165, 1.54) is 7.11 Å². The molecule has 0 saturated carbocycles. The van der Waals surface area contributed by atoms with Crippen molar-refractivity contribution < 1.29 is 57.2 Å². The van der Waals surface area contributed by atoms with Crippen molar-refractivity contribution in [3.8, 4) is 0 Å². The molecule has 0 aliphatic carbocycles. The van der Waals surface area contributed by atoms with Crippen LogP contribution in [0.15, 0.2) is 0 Å². The molecule has 0 aliphatic rings. The van der Waals surface area contributed by atoms with Gasteiger partial charge in [0.05, 0.1) is 78.7 Å². The Morgan fingerprint density at radius 3 is 0.683 bits per heavy atom. The molecule has 1 aromatic carbocycles. The molecule has 0 N–H and O–H groups in total. The number of methoxy groups -OCH3 is 1. The zero-order valence-electron chi connectivity index (χ0n) is 24.7. The van der Waals surface area contributed by atoms with Gasteiger partial charge < -0.3 is 28.4 Å². The molecule has 41 heavy (non-hydrogen) atoms. The van der Waals surface area contributed by atoms with Gasteiger partial charge in [-0.05, 0) is 68.0 Å². The van der Waals surface area contributed by atoms with Gasteiger partial charge in [0.25, 0.3) is 0 Å².